The van der Waals surface area contributed by atoms with Gasteiger partial charge in [0.2, 0.25) is 5.95 Å². The normalized spacial score (nSPS) is 10.6. The fourth-order valence-electron chi connectivity index (χ4n) is 12.2. The zero-order valence-electron chi connectivity index (χ0n) is 79.9. The van der Waals surface area contributed by atoms with Gasteiger partial charge < -0.3 is 80.4 Å². The number of carbonyl (C=O) groups excluding carboxylic acids is 12. The van der Waals surface area contributed by atoms with Crippen molar-refractivity contribution in [2.75, 3.05) is 123 Å². The maximum Gasteiger partial charge on any atom is 0.417 e. The van der Waals surface area contributed by atoms with Crippen LogP contribution < -0.4 is 62.1 Å². The molecule has 0 fully saturated rings. The maximum atomic E-state index is 14.6. The Labute approximate surface area is 873 Å². The van der Waals surface area contributed by atoms with Crippen molar-refractivity contribution in [1.29, 1.82) is 0 Å². The summed E-state index contributed by atoms with van der Waals surface area (Å²) in [4.78, 5) is 168. The maximum absolute atomic E-state index is 14.6. The molecule has 0 aliphatic carbocycles. The third-order valence-electron chi connectivity index (χ3n) is 19.5. The van der Waals surface area contributed by atoms with Gasteiger partial charge in [-0.25, -0.2) is 71.0 Å². The van der Waals surface area contributed by atoms with Gasteiger partial charge in [0.15, 0.2) is 60.7 Å². The Kier molecular flexibility index (Phi) is 43.9. The molecular formula is C92H93BrCl6F4N24O20. The first-order valence-electron chi connectivity index (χ1n) is 42.9. The number of rotatable bonds is 36. The molecule has 0 aliphatic heterocycles. The Hall–Kier alpha value is -15.1. The van der Waals surface area contributed by atoms with Crippen LogP contribution in [0.25, 0.3) is 0 Å². The number of ether oxygens (including phenoxy) is 8. The average Bonchev–Trinajstić information content (AvgIpc) is 1.70. The smallest absolute Gasteiger partial charge is 0.417 e. The molecular weight excluding hydrogens is 2130 g/mol. The van der Waals surface area contributed by atoms with Crippen molar-refractivity contribution in [2.45, 2.75) is 81.0 Å². The number of likely N-dealkylation sites (N-methyl/N-ethyl adjacent to an activating group) is 4. The van der Waals surface area contributed by atoms with Crippen LogP contribution in [0.3, 0.4) is 0 Å². The highest BCUT2D eigenvalue weighted by Gasteiger charge is 2.31. The number of nitrogens with one attached hydrogen (secondary N) is 8. The molecule has 0 aliphatic rings. The van der Waals surface area contributed by atoms with Gasteiger partial charge in [0.25, 0.3) is 23.6 Å². The predicted molar refractivity (Wildman–Crippen MR) is 534 cm³/mol. The number of nitrogens with zero attached hydrogens (tertiary/aromatic N) is 16. The summed E-state index contributed by atoms with van der Waals surface area (Å²) in [7, 11) is 12.1. The summed E-state index contributed by atoms with van der Waals surface area (Å²) < 4.78 is 102. The molecule has 0 saturated heterocycles. The van der Waals surface area contributed by atoms with Crippen LogP contribution in [0.15, 0.2) is 157 Å². The molecule has 8 heterocycles. The van der Waals surface area contributed by atoms with Crippen molar-refractivity contribution < 1.29 is 113 Å². The number of hydrogen-bond acceptors (Lipinski definition) is 32. The van der Waals surface area contributed by atoms with Crippen LogP contribution in [0.1, 0.15) is 86.5 Å². The molecule has 0 radical (unpaired) electrons. The number of aryl methyl sites for hydroxylation is 4. The number of amides is 8. The van der Waals surface area contributed by atoms with Crippen LogP contribution in [0.5, 0.6) is 0 Å². The van der Waals surface area contributed by atoms with Crippen LogP contribution in [-0.4, -0.2) is 213 Å². The molecule has 12 rings (SSSR count). The third-order valence-corrected chi connectivity index (χ3v) is 22.7. The van der Waals surface area contributed by atoms with Gasteiger partial charge in [0.1, 0.15) is 76.7 Å². The summed E-state index contributed by atoms with van der Waals surface area (Å²) in [6.07, 6.45) is 2.44. The van der Waals surface area contributed by atoms with Crippen LogP contribution in [0, 0.1) is 51.1 Å². The second-order valence-electron chi connectivity index (χ2n) is 30.6. The number of anilines is 8. The highest BCUT2D eigenvalue weighted by Crippen LogP contribution is 2.33. The van der Waals surface area contributed by atoms with Gasteiger partial charge in [-0.15, -0.1) is 0 Å². The van der Waals surface area contributed by atoms with Crippen molar-refractivity contribution >= 4 is 203 Å². The minimum atomic E-state index is -1.10. The Morgan fingerprint density at radius 3 is 0.986 bits per heavy atom. The summed E-state index contributed by atoms with van der Waals surface area (Å²) in [5, 5.41) is 35.9. The summed E-state index contributed by atoms with van der Waals surface area (Å²) in [6, 6.07) is 32.6. The van der Waals surface area contributed by atoms with E-state index in [2.05, 4.69) is 98.8 Å². The van der Waals surface area contributed by atoms with Gasteiger partial charge in [0, 0.05) is 81.3 Å². The summed E-state index contributed by atoms with van der Waals surface area (Å²) >= 11 is 39.9. The topological polar surface area (TPSA) is 511 Å². The van der Waals surface area contributed by atoms with E-state index in [-0.39, 0.29) is 135 Å². The second-order valence-corrected chi connectivity index (χ2v) is 33.6. The quantitative estimate of drug-likeness (QED) is 0.0103. The van der Waals surface area contributed by atoms with E-state index in [9.17, 15) is 75.1 Å². The molecule has 44 nitrogen and oxygen atoms in total. The molecule has 8 amide bonds. The van der Waals surface area contributed by atoms with E-state index in [0.717, 1.165) is 55.5 Å². The van der Waals surface area contributed by atoms with Crippen molar-refractivity contribution in [3.63, 3.8) is 0 Å². The lowest BCUT2D eigenvalue weighted by molar-refractivity contribution is -0.144. The molecule has 0 saturated carbocycles. The number of pyridine rings is 4. The number of benzene rings is 4. The Morgan fingerprint density at radius 1 is 0.347 bits per heavy atom. The van der Waals surface area contributed by atoms with Crippen LogP contribution in [0.4, 0.5) is 82.8 Å². The molecule has 778 valence electrons. The van der Waals surface area contributed by atoms with E-state index < -0.39 is 133 Å². The standard InChI is InChI=1S/C23H23BrClFN6O5.2C23H23Cl2FN6O5.C23H24ClFN6O5/c2*1-13-6-7-16(15(26)9-13)29-22(34)19-18(24)20(25)32(30-19)12-37-23(35)31(3)21-14(5-4-8-28-21)11-36-17(33)10-27-2;1-13-6-7-16(15(24)9-13)29-22(34)19-18(26)20(25)32(30-19)12-37-23(35)31(3)21-14(5-4-8-28-21)11-36-17(33)10-27-2;1-14-6-7-17(16(24)9-14)28-22(33)18-10-19(25)31(29-18)13-36-23(34)30(3)21-15(5-4-8-27-21)12-35-20(32)11-26-2/h3*4-9,27H,10-12H2,1-3H3,(H,29,34);4-10,26H,11-13H2,1-3H3,(H,28,33). The number of carbonyl (C=O) groups is 12. The molecule has 8 aromatic heterocycles. The zero-order valence-corrected chi connectivity index (χ0v) is 86.0. The van der Waals surface area contributed by atoms with Gasteiger partial charge in [-0.1, -0.05) is 118 Å². The van der Waals surface area contributed by atoms with Gasteiger partial charge in [-0.2, -0.15) is 24.8 Å². The van der Waals surface area contributed by atoms with Gasteiger partial charge in [0.05, 0.1) is 63.4 Å². The Balaban J connectivity index is 0.000000218. The van der Waals surface area contributed by atoms with E-state index in [1.54, 1.807) is 139 Å². The molecule has 55 heteroatoms. The van der Waals surface area contributed by atoms with E-state index in [0.29, 0.717) is 44.1 Å². The minimum Gasteiger partial charge on any atom is -0.460 e. The van der Waals surface area contributed by atoms with Crippen molar-refractivity contribution in [3.8, 4) is 0 Å². The second kappa shape index (κ2) is 55.9. The zero-order chi connectivity index (χ0) is 108. The lowest BCUT2D eigenvalue weighted by atomic mass is 10.2. The van der Waals surface area contributed by atoms with Crippen molar-refractivity contribution in [3.05, 3.63) is 278 Å². The molecule has 0 unspecified atom stereocenters. The van der Waals surface area contributed by atoms with Gasteiger partial charge in [-0.3, -0.25) is 58.0 Å². The molecule has 0 spiro atoms. The van der Waals surface area contributed by atoms with Crippen LogP contribution in [-0.2, 0) is 110 Å². The molecule has 0 atom stereocenters. The van der Waals surface area contributed by atoms with E-state index in [1.807, 2.05) is 13.8 Å². The fraction of sp³-hybridized carbons (Fsp3) is 0.261. The monoisotopic (exact) mass is 2220 g/mol. The third kappa shape index (κ3) is 33.0. The van der Waals surface area contributed by atoms with Gasteiger partial charge >= 0.3 is 48.3 Å². The lowest BCUT2D eigenvalue weighted by Crippen LogP contribution is -2.30. The average molecular weight is 2220 g/mol. The van der Waals surface area contributed by atoms with E-state index >= 15 is 0 Å². The first-order chi connectivity index (χ1) is 70.0. The number of halogens is 11. The number of esters is 4. The Morgan fingerprint density at radius 2 is 0.639 bits per heavy atom. The lowest BCUT2D eigenvalue weighted by Gasteiger charge is -2.19. The number of aromatic nitrogens is 12. The van der Waals surface area contributed by atoms with Crippen LogP contribution >= 0.6 is 85.5 Å². The van der Waals surface area contributed by atoms with E-state index in [4.69, 9.17) is 108 Å². The summed E-state index contributed by atoms with van der Waals surface area (Å²) in [5.41, 5.74) is 4.28. The molecule has 12 aromatic rings. The summed E-state index contributed by atoms with van der Waals surface area (Å²) in [6.45, 7) is 4.64. The first-order valence-corrected chi connectivity index (χ1v) is 46.0. The Bertz CT molecular complexity index is 6340. The first kappa shape index (κ1) is 116. The number of hydrogen-bond donors (Lipinski definition) is 8. The van der Waals surface area contributed by atoms with Crippen LogP contribution in [0.2, 0.25) is 30.5 Å². The fourth-order valence-corrected chi connectivity index (χ4v) is 13.9. The highest BCUT2D eigenvalue weighted by atomic mass is 79.9. The van der Waals surface area contributed by atoms with Gasteiger partial charge in [-0.05, 0) is 167 Å². The molecule has 147 heavy (non-hydrogen) atoms. The summed E-state index contributed by atoms with van der Waals surface area (Å²) in [5.74, 6) is -7.42. The predicted octanol–water partition coefficient (Wildman–Crippen LogP) is 14.6. The molecule has 8 N–H and O–H groups in total. The van der Waals surface area contributed by atoms with Crippen molar-refractivity contribution in [1.82, 2.24) is 80.3 Å². The minimum absolute atomic E-state index is 0.0139. The van der Waals surface area contributed by atoms with Crippen molar-refractivity contribution in [2.24, 2.45) is 0 Å². The van der Waals surface area contributed by atoms with E-state index in [1.165, 1.54) is 77.2 Å². The molecule has 0 bridgehead atoms. The molecule has 4 aromatic carbocycles. The largest absolute Gasteiger partial charge is 0.460 e. The SMILES string of the molecule is CNCC(=O)OCc1cccnc1N(C)C(=O)OCn1nc(C(=O)Nc2ccc(C)cc2Cl)c(F)c1Cl.CNCC(=O)OCc1cccnc1N(C)C(=O)OCn1nc(C(=O)Nc2ccc(C)cc2Cl)cc1F.CNCC(=O)OCc1cccnc1N(C)C(=O)OCn1nc(C(=O)Nc2ccc(C)cc2F)c(Br)c1Cl.CNCC(=O)OCc1cccnc1N(C)C(=O)OCn1nc(C(=O)Nc2ccc(C)cc2F)c(Cl)c1Cl. The highest BCUT2D eigenvalue weighted by molar-refractivity contribution is 9.10.